The number of H-pyrrole nitrogens is 1. The quantitative estimate of drug-likeness (QED) is 0.764. The maximum atomic E-state index is 6.27. The molecule has 0 bridgehead atoms. The van der Waals surface area contributed by atoms with E-state index in [1.807, 2.05) is 30.3 Å². The zero-order valence-electron chi connectivity index (χ0n) is 11.4. The number of rotatable bonds is 2. The lowest BCUT2D eigenvalue weighted by atomic mass is 9.93. The number of fused-ring (bicyclic) bond motifs is 2. The van der Waals surface area contributed by atoms with E-state index < -0.39 is 0 Å². The minimum Gasteiger partial charge on any atom is -0.479 e. The Morgan fingerprint density at radius 2 is 1.95 bits per heavy atom. The first-order valence-electron chi connectivity index (χ1n) is 7.03. The number of nitrogens with one attached hydrogen (secondary N) is 1. The highest BCUT2D eigenvalue weighted by Gasteiger charge is 2.41. The Labute approximate surface area is 117 Å². The third kappa shape index (κ3) is 1.56. The van der Waals surface area contributed by atoms with Gasteiger partial charge in [-0.25, -0.2) is 4.98 Å². The summed E-state index contributed by atoms with van der Waals surface area (Å²) in [6, 6.07) is 16.4. The fourth-order valence-electron chi connectivity index (χ4n) is 2.97. The largest absolute Gasteiger partial charge is 0.479 e. The molecule has 0 radical (unpaired) electrons. The molecule has 1 unspecified atom stereocenters. The minimum atomic E-state index is -0.358. The maximum Gasteiger partial charge on any atom is 0.170 e. The molecule has 1 N–H and O–H groups in total. The number of imidazole rings is 1. The van der Waals surface area contributed by atoms with Gasteiger partial charge in [0, 0.05) is 6.42 Å². The summed E-state index contributed by atoms with van der Waals surface area (Å²) in [6.07, 6.45) is 1.76. The van der Waals surface area contributed by atoms with Gasteiger partial charge in [0.1, 0.15) is 5.75 Å². The molecule has 3 aromatic rings. The summed E-state index contributed by atoms with van der Waals surface area (Å²) in [6.45, 7) is 2.15. The zero-order valence-corrected chi connectivity index (χ0v) is 11.4. The molecule has 3 heteroatoms. The molecule has 0 spiro atoms. The van der Waals surface area contributed by atoms with Crippen molar-refractivity contribution in [2.45, 2.75) is 25.4 Å². The van der Waals surface area contributed by atoms with Crippen LogP contribution in [-0.4, -0.2) is 9.97 Å². The summed E-state index contributed by atoms with van der Waals surface area (Å²) in [5.74, 6) is 1.91. The molecular weight excluding hydrogens is 248 g/mol. The molecule has 0 saturated heterocycles. The van der Waals surface area contributed by atoms with Crippen LogP contribution in [0.25, 0.3) is 11.0 Å². The predicted octanol–water partition coefficient (Wildman–Crippen LogP) is 3.80. The molecular formula is C17H16N2O. The molecule has 2 aromatic carbocycles. The fourth-order valence-corrected chi connectivity index (χ4v) is 2.97. The van der Waals surface area contributed by atoms with Crippen LogP contribution < -0.4 is 4.74 Å². The second kappa shape index (κ2) is 4.10. The second-order valence-corrected chi connectivity index (χ2v) is 5.34. The van der Waals surface area contributed by atoms with Crippen LogP contribution in [0.3, 0.4) is 0 Å². The van der Waals surface area contributed by atoms with Crippen LogP contribution in [0.15, 0.2) is 48.5 Å². The van der Waals surface area contributed by atoms with E-state index in [1.165, 1.54) is 5.56 Å². The summed E-state index contributed by atoms with van der Waals surface area (Å²) >= 11 is 0. The van der Waals surface area contributed by atoms with Gasteiger partial charge < -0.3 is 9.72 Å². The molecule has 1 aromatic heterocycles. The van der Waals surface area contributed by atoms with Crippen molar-refractivity contribution in [2.24, 2.45) is 0 Å². The molecule has 1 aliphatic rings. The van der Waals surface area contributed by atoms with Crippen molar-refractivity contribution in [3.63, 3.8) is 0 Å². The van der Waals surface area contributed by atoms with Crippen molar-refractivity contribution in [2.75, 3.05) is 0 Å². The van der Waals surface area contributed by atoms with Crippen molar-refractivity contribution in [1.82, 2.24) is 9.97 Å². The Morgan fingerprint density at radius 3 is 2.75 bits per heavy atom. The Morgan fingerprint density at radius 1 is 1.15 bits per heavy atom. The standard InChI is InChI=1S/C17H16N2O/c1-2-17(11-12-7-3-6-10-15(12)20-17)16-18-13-8-4-5-9-14(13)19-16/h3-10H,2,11H2,1H3,(H,18,19). The smallest absolute Gasteiger partial charge is 0.170 e. The summed E-state index contributed by atoms with van der Waals surface area (Å²) < 4.78 is 6.27. The van der Waals surface area contributed by atoms with E-state index in [-0.39, 0.29) is 5.60 Å². The van der Waals surface area contributed by atoms with Gasteiger partial charge in [-0.3, -0.25) is 0 Å². The Kier molecular flexibility index (Phi) is 2.36. The maximum absolute atomic E-state index is 6.27. The summed E-state index contributed by atoms with van der Waals surface area (Å²) in [4.78, 5) is 8.17. The topological polar surface area (TPSA) is 37.9 Å². The third-order valence-electron chi connectivity index (χ3n) is 4.15. The molecule has 4 rings (SSSR count). The van der Waals surface area contributed by atoms with Crippen molar-refractivity contribution >= 4 is 11.0 Å². The van der Waals surface area contributed by atoms with Crippen molar-refractivity contribution in [3.05, 3.63) is 59.9 Å². The number of benzene rings is 2. The van der Waals surface area contributed by atoms with Crippen LogP contribution in [0.1, 0.15) is 24.7 Å². The van der Waals surface area contributed by atoms with Crippen molar-refractivity contribution in [1.29, 1.82) is 0 Å². The number of hydrogen-bond acceptors (Lipinski definition) is 2. The fraction of sp³-hybridized carbons (Fsp3) is 0.235. The monoisotopic (exact) mass is 264 g/mol. The van der Waals surface area contributed by atoms with E-state index in [0.29, 0.717) is 0 Å². The van der Waals surface area contributed by atoms with Gasteiger partial charge in [-0.05, 0) is 30.2 Å². The zero-order chi connectivity index (χ0) is 13.6. The predicted molar refractivity (Wildman–Crippen MR) is 78.8 cm³/mol. The lowest BCUT2D eigenvalue weighted by molar-refractivity contribution is 0.0796. The molecule has 0 fully saturated rings. The van der Waals surface area contributed by atoms with Gasteiger partial charge in [0.2, 0.25) is 0 Å². The normalized spacial score (nSPS) is 20.9. The van der Waals surface area contributed by atoms with Crippen LogP contribution in [-0.2, 0) is 12.0 Å². The van der Waals surface area contributed by atoms with E-state index in [1.54, 1.807) is 0 Å². The highest BCUT2D eigenvalue weighted by molar-refractivity contribution is 5.75. The van der Waals surface area contributed by atoms with Crippen LogP contribution >= 0.6 is 0 Å². The molecule has 3 nitrogen and oxygen atoms in total. The molecule has 0 saturated carbocycles. The SMILES string of the molecule is CCC1(c2nc3ccccc3[nH]2)Cc2ccccc2O1. The molecule has 1 atom stereocenters. The Hall–Kier alpha value is -2.29. The Bertz CT molecular complexity index is 717. The molecule has 2 heterocycles. The molecule has 0 aliphatic carbocycles. The molecule has 1 aliphatic heterocycles. The molecule has 100 valence electrons. The van der Waals surface area contributed by atoms with Gasteiger partial charge >= 0.3 is 0 Å². The molecule has 0 amide bonds. The second-order valence-electron chi connectivity index (χ2n) is 5.34. The van der Waals surface area contributed by atoms with Gasteiger partial charge in [-0.1, -0.05) is 37.3 Å². The van der Waals surface area contributed by atoms with Crippen LogP contribution in [0.5, 0.6) is 5.75 Å². The number of nitrogens with zero attached hydrogens (tertiary/aromatic N) is 1. The van der Waals surface area contributed by atoms with E-state index in [4.69, 9.17) is 9.72 Å². The summed E-state index contributed by atoms with van der Waals surface area (Å²) in [5, 5.41) is 0. The van der Waals surface area contributed by atoms with Gasteiger partial charge in [0.05, 0.1) is 11.0 Å². The highest BCUT2D eigenvalue weighted by atomic mass is 16.5. The summed E-state index contributed by atoms with van der Waals surface area (Å²) in [5.41, 5.74) is 2.96. The average molecular weight is 264 g/mol. The average Bonchev–Trinajstić information content (AvgIpc) is 3.08. The number of aromatic amines is 1. The minimum absolute atomic E-state index is 0.358. The Balaban J connectivity index is 1.83. The first-order valence-corrected chi connectivity index (χ1v) is 7.03. The van der Waals surface area contributed by atoms with E-state index in [2.05, 4.69) is 30.1 Å². The first kappa shape index (κ1) is 11.5. The van der Waals surface area contributed by atoms with Crippen LogP contribution in [0, 0.1) is 0 Å². The van der Waals surface area contributed by atoms with Crippen LogP contribution in [0.4, 0.5) is 0 Å². The van der Waals surface area contributed by atoms with E-state index in [9.17, 15) is 0 Å². The van der Waals surface area contributed by atoms with Gasteiger partial charge in [0.15, 0.2) is 11.4 Å². The lowest BCUT2D eigenvalue weighted by Gasteiger charge is -2.25. The van der Waals surface area contributed by atoms with Gasteiger partial charge in [-0.2, -0.15) is 0 Å². The number of para-hydroxylation sites is 3. The van der Waals surface area contributed by atoms with E-state index >= 15 is 0 Å². The van der Waals surface area contributed by atoms with Gasteiger partial charge in [0.25, 0.3) is 0 Å². The van der Waals surface area contributed by atoms with Crippen molar-refractivity contribution in [3.8, 4) is 5.75 Å². The first-order chi connectivity index (χ1) is 9.81. The number of aromatic nitrogens is 2. The highest BCUT2D eigenvalue weighted by Crippen LogP contribution is 2.42. The number of hydrogen-bond donors (Lipinski definition) is 1. The van der Waals surface area contributed by atoms with E-state index in [0.717, 1.165) is 35.4 Å². The number of ether oxygens (including phenoxy) is 1. The summed E-state index contributed by atoms with van der Waals surface area (Å²) in [7, 11) is 0. The lowest BCUT2D eigenvalue weighted by Crippen LogP contribution is -2.31. The third-order valence-corrected chi connectivity index (χ3v) is 4.15. The van der Waals surface area contributed by atoms with Crippen molar-refractivity contribution < 1.29 is 4.74 Å². The van der Waals surface area contributed by atoms with Crippen LogP contribution in [0.2, 0.25) is 0 Å². The molecule has 20 heavy (non-hydrogen) atoms. The van der Waals surface area contributed by atoms with Gasteiger partial charge in [-0.15, -0.1) is 0 Å².